The van der Waals surface area contributed by atoms with E-state index in [1.54, 1.807) is 28.5 Å². The van der Waals surface area contributed by atoms with E-state index in [0.29, 0.717) is 33.7 Å². The number of rotatable bonds is 9. The first-order valence-corrected chi connectivity index (χ1v) is 18.5. The van der Waals surface area contributed by atoms with Crippen LogP contribution in [0.5, 0.6) is 5.75 Å². The van der Waals surface area contributed by atoms with Crippen LogP contribution in [0.25, 0.3) is 0 Å². The molecule has 1 atom stereocenters. The molecule has 2 saturated heterocycles. The third-order valence-corrected chi connectivity index (χ3v) is 14.2. The number of carbonyl (C=O) groups is 1. The molecule has 10 heteroatoms. The van der Waals surface area contributed by atoms with E-state index >= 15 is 0 Å². The summed E-state index contributed by atoms with van der Waals surface area (Å²) in [6, 6.07) is 3.27. The Morgan fingerprint density at radius 1 is 1.02 bits per heavy atom. The van der Waals surface area contributed by atoms with Crippen molar-refractivity contribution >= 4 is 27.7 Å². The molecule has 1 spiro atoms. The maximum absolute atomic E-state index is 13.8. The van der Waals surface area contributed by atoms with Crippen LogP contribution in [-0.2, 0) is 19.6 Å². The van der Waals surface area contributed by atoms with E-state index in [1.165, 1.54) is 37.9 Å². The Kier molecular flexibility index (Phi) is 10.2. The van der Waals surface area contributed by atoms with Gasteiger partial charge in [0.15, 0.2) is 0 Å². The van der Waals surface area contributed by atoms with Crippen LogP contribution in [0.2, 0.25) is 0 Å². The summed E-state index contributed by atoms with van der Waals surface area (Å²) in [5.74, 6) is 1.89. The molecule has 0 radical (unpaired) electrons. The summed E-state index contributed by atoms with van der Waals surface area (Å²) in [5.41, 5.74) is 1.90. The number of methoxy groups -OCH3 is 1. The number of carbonyl (C=O) groups excluding carboxylic acids is 1. The third-order valence-electron chi connectivity index (χ3n) is 10.7. The number of hydrogen-bond donors (Lipinski definition) is 0. The van der Waals surface area contributed by atoms with E-state index in [-0.39, 0.29) is 30.7 Å². The second-order valence-corrected chi connectivity index (χ2v) is 16.3. The van der Waals surface area contributed by atoms with E-state index in [0.717, 1.165) is 45.2 Å². The van der Waals surface area contributed by atoms with E-state index in [1.807, 2.05) is 30.5 Å². The number of sulfonamides is 1. The molecule has 1 amide bonds. The lowest BCUT2D eigenvalue weighted by Gasteiger charge is -2.52. The van der Waals surface area contributed by atoms with E-state index in [4.69, 9.17) is 9.47 Å². The molecular formula is C33H51N3O5S2. The lowest BCUT2D eigenvalue weighted by atomic mass is 9.62. The van der Waals surface area contributed by atoms with Crippen molar-refractivity contribution < 1.29 is 22.7 Å². The van der Waals surface area contributed by atoms with Crippen LogP contribution in [0.3, 0.4) is 0 Å². The van der Waals surface area contributed by atoms with Gasteiger partial charge in [0.25, 0.3) is 0 Å². The number of likely N-dealkylation sites (tertiary alicyclic amines) is 1. The molecule has 0 bridgehead atoms. The Balaban J connectivity index is 1.13. The molecule has 0 N–H and O–H groups in total. The van der Waals surface area contributed by atoms with Gasteiger partial charge in [0.05, 0.1) is 24.2 Å². The molecule has 1 unspecified atom stereocenters. The highest BCUT2D eigenvalue weighted by molar-refractivity contribution is 8.03. The second-order valence-electron chi connectivity index (χ2n) is 13.4. The zero-order valence-electron chi connectivity index (χ0n) is 26.8. The van der Waals surface area contributed by atoms with Gasteiger partial charge in [-0.15, -0.1) is 11.8 Å². The van der Waals surface area contributed by atoms with Crippen LogP contribution < -0.4 is 4.74 Å². The summed E-state index contributed by atoms with van der Waals surface area (Å²) in [4.78, 5) is 19.5. The molecule has 1 aromatic carbocycles. The first-order chi connectivity index (χ1) is 20.5. The number of thioether (sulfide) groups is 1. The number of aryl methyl sites for hydroxylation is 2. The molecule has 1 saturated carbocycles. The lowest BCUT2D eigenvalue weighted by molar-refractivity contribution is -0.139. The fourth-order valence-corrected chi connectivity index (χ4v) is 11.4. The second kappa shape index (κ2) is 13.4. The average molecular weight is 634 g/mol. The van der Waals surface area contributed by atoms with Crippen LogP contribution in [-0.4, -0.2) is 99.8 Å². The van der Waals surface area contributed by atoms with Gasteiger partial charge in [-0.3, -0.25) is 9.69 Å². The van der Waals surface area contributed by atoms with Gasteiger partial charge in [0, 0.05) is 36.3 Å². The molecule has 8 nitrogen and oxygen atoms in total. The summed E-state index contributed by atoms with van der Waals surface area (Å²) >= 11 is 2.05. The third kappa shape index (κ3) is 6.69. The minimum absolute atomic E-state index is 0.00704. The average Bonchev–Trinajstić information content (AvgIpc) is 3.53. The van der Waals surface area contributed by atoms with Crippen LogP contribution >= 0.6 is 11.8 Å². The predicted octanol–water partition coefficient (Wildman–Crippen LogP) is 5.38. The van der Waals surface area contributed by atoms with Gasteiger partial charge in [-0.05, 0) is 114 Å². The van der Waals surface area contributed by atoms with Gasteiger partial charge in [-0.2, -0.15) is 4.31 Å². The number of amides is 1. The molecule has 0 aromatic heterocycles. The lowest BCUT2D eigenvalue weighted by Crippen LogP contribution is -2.52. The zero-order valence-corrected chi connectivity index (χ0v) is 28.5. The standard InChI is InChI=1S/C33H51N3O5S2/c1-25-21-28(40-5)22-26(2)31(25)43(38,39)36-17-7-6-9-27(36)23-41-24-30(37)35-18-15-32(16-19-35)11-13-33(14-12-32,34(3)4)29-10-8-20-42-29/h10,21-22,27H,6-9,11-20,23-24H2,1-5H3. The van der Waals surface area contributed by atoms with Crippen LogP contribution in [0.4, 0.5) is 0 Å². The van der Waals surface area contributed by atoms with Crippen molar-refractivity contribution in [1.82, 2.24) is 14.1 Å². The Bertz CT molecular complexity index is 1270. The van der Waals surface area contributed by atoms with Gasteiger partial charge < -0.3 is 14.4 Å². The van der Waals surface area contributed by atoms with Gasteiger partial charge in [-0.25, -0.2) is 8.42 Å². The molecule has 5 rings (SSSR count). The Morgan fingerprint density at radius 2 is 1.70 bits per heavy atom. The molecular weight excluding hydrogens is 583 g/mol. The van der Waals surface area contributed by atoms with Gasteiger partial charge in [0.2, 0.25) is 15.9 Å². The molecule has 43 heavy (non-hydrogen) atoms. The quantitative estimate of drug-likeness (QED) is 0.362. The molecule has 3 aliphatic heterocycles. The van der Waals surface area contributed by atoms with Crippen LogP contribution in [0, 0.1) is 19.3 Å². The van der Waals surface area contributed by atoms with Crippen molar-refractivity contribution in [3.8, 4) is 5.75 Å². The SMILES string of the molecule is COc1cc(C)c(S(=O)(=O)N2CCCCC2COCC(=O)N2CCC3(CC2)CCC(C2=CCCS2)(N(C)C)CC3)c(C)c1. The van der Waals surface area contributed by atoms with Crippen LogP contribution in [0.15, 0.2) is 28.0 Å². The van der Waals surface area contributed by atoms with Crippen molar-refractivity contribution in [2.45, 2.75) is 94.5 Å². The normalized spacial score (nSPS) is 24.4. The Morgan fingerprint density at radius 3 is 2.28 bits per heavy atom. The van der Waals surface area contributed by atoms with Gasteiger partial charge >= 0.3 is 0 Å². The first kappa shape index (κ1) is 32.8. The Hall–Kier alpha value is -1.59. The predicted molar refractivity (Wildman–Crippen MR) is 173 cm³/mol. The van der Waals surface area contributed by atoms with Gasteiger partial charge in [0.1, 0.15) is 12.4 Å². The summed E-state index contributed by atoms with van der Waals surface area (Å²) in [7, 11) is 2.35. The van der Waals surface area contributed by atoms with Crippen molar-refractivity contribution in [3.63, 3.8) is 0 Å². The maximum Gasteiger partial charge on any atom is 0.248 e. The topological polar surface area (TPSA) is 79.4 Å². The highest BCUT2D eigenvalue weighted by Crippen LogP contribution is 2.53. The summed E-state index contributed by atoms with van der Waals surface area (Å²) in [6.45, 7) is 5.91. The number of piperidine rings is 2. The number of likely N-dealkylation sites (N-methyl/N-ethyl adjacent to an activating group) is 1. The molecule has 3 fully saturated rings. The molecule has 240 valence electrons. The van der Waals surface area contributed by atoms with Crippen molar-refractivity contribution in [2.24, 2.45) is 5.41 Å². The fourth-order valence-electron chi connectivity index (χ4n) is 7.96. The number of benzene rings is 1. The largest absolute Gasteiger partial charge is 0.497 e. The van der Waals surface area contributed by atoms with Crippen molar-refractivity contribution in [3.05, 3.63) is 34.2 Å². The molecule has 3 heterocycles. The monoisotopic (exact) mass is 633 g/mol. The smallest absolute Gasteiger partial charge is 0.248 e. The minimum atomic E-state index is -3.71. The van der Waals surface area contributed by atoms with Crippen LogP contribution in [0.1, 0.15) is 75.3 Å². The fraction of sp³-hybridized carbons (Fsp3) is 0.727. The summed E-state index contributed by atoms with van der Waals surface area (Å²) in [5, 5.41) is 0. The Labute approximate surface area is 263 Å². The van der Waals surface area contributed by atoms with Crippen molar-refractivity contribution in [2.75, 3.05) is 59.8 Å². The van der Waals surface area contributed by atoms with E-state index in [9.17, 15) is 13.2 Å². The summed E-state index contributed by atoms with van der Waals surface area (Å²) in [6.07, 6.45) is 13.1. The zero-order chi connectivity index (χ0) is 30.8. The minimum Gasteiger partial charge on any atom is -0.497 e. The summed E-state index contributed by atoms with van der Waals surface area (Å²) < 4.78 is 40.6. The number of ether oxygens (including phenoxy) is 2. The number of nitrogens with zero attached hydrogens (tertiary/aromatic N) is 3. The highest BCUT2D eigenvalue weighted by atomic mass is 32.2. The van der Waals surface area contributed by atoms with Crippen molar-refractivity contribution in [1.29, 1.82) is 0 Å². The number of hydrogen-bond acceptors (Lipinski definition) is 7. The highest BCUT2D eigenvalue weighted by Gasteiger charge is 2.47. The van der Waals surface area contributed by atoms with E-state index < -0.39 is 10.0 Å². The number of allylic oxidation sites excluding steroid dienone is 1. The maximum atomic E-state index is 13.8. The van der Waals surface area contributed by atoms with E-state index in [2.05, 4.69) is 25.1 Å². The molecule has 4 aliphatic rings. The molecule has 1 aliphatic carbocycles. The molecule has 1 aromatic rings. The first-order valence-electron chi connectivity index (χ1n) is 16.0. The van der Waals surface area contributed by atoms with Gasteiger partial charge in [-0.1, -0.05) is 12.5 Å².